The molecule has 25 heavy (non-hydrogen) atoms. The van der Waals surface area contributed by atoms with Gasteiger partial charge >= 0.3 is 0 Å². The second-order valence-electron chi connectivity index (χ2n) is 6.55. The summed E-state index contributed by atoms with van der Waals surface area (Å²) in [7, 11) is 0. The van der Waals surface area contributed by atoms with Crippen LogP contribution >= 0.6 is 11.3 Å². The Balaban J connectivity index is 1.67. The van der Waals surface area contributed by atoms with Crippen LogP contribution in [-0.2, 0) is 6.54 Å². The van der Waals surface area contributed by atoms with Crippen molar-refractivity contribution in [1.82, 2.24) is 25.1 Å². The Morgan fingerprint density at radius 3 is 2.48 bits per heavy atom. The van der Waals surface area contributed by atoms with Crippen LogP contribution in [0.4, 0.5) is 0 Å². The quantitative estimate of drug-likeness (QED) is 0.701. The summed E-state index contributed by atoms with van der Waals surface area (Å²) in [6.07, 6.45) is 5.15. The molecule has 0 spiro atoms. The van der Waals surface area contributed by atoms with Crippen molar-refractivity contribution in [3.8, 4) is 0 Å². The molecule has 1 saturated heterocycles. The topological polar surface area (TPSA) is 46.8 Å². The normalized spacial score (nSPS) is 17.3. The van der Waals surface area contributed by atoms with E-state index in [1.54, 1.807) is 11.3 Å². The van der Waals surface area contributed by atoms with Gasteiger partial charge < -0.3 is 0 Å². The Hall–Kier alpha value is -2.05. The molecular weight excluding hydrogens is 330 g/mol. The Morgan fingerprint density at radius 2 is 1.76 bits per heavy atom. The van der Waals surface area contributed by atoms with Gasteiger partial charge in [-0.2, -0.15) is 0 Å². The summed E-state index contributed by atoms with van der Waals surface area (Å²) >= 11 is 1.79. The molecule has 3 heterocycles. The van der Waals surface area contributed by atoms with E-state index in [1.807, 2.05) is 10.7 Å². The van der Waals surface area contributed by atoms with Crippen LogP contribution in [0.1, 0.15) is 48.0 Å². The minimum atomic E-state index is 0.150. The maximum atomic E-state index is 4.44. The molecule has 1 aliphatic rings. The number of likely N-dealkylation sites (tertiary alicyclic amines) is 1. The zero-order valence-electron chi connectivity index (χ0n) is 14.3. The monoisotopic (exact) mass is 353 g/mol. The van der Waals surface area contributed by atoms with Gasteiger partial charge in [0.1, 0.15) is 6.04 Å². The minimum absolute atomic E-state index is 0.150. The highest BCUT2D eigenvalue weighted by atomic mass is 32.1. The molecule has 3 aromatic rings. The van der Waals surface area contributed by atoms with E-state index in [1.165, 1.54) is 36.1 Å². The smallest absolute Gasteiger partial charge is 0.174 e. The zero-order chi connectivity index (χ0) is 16.9. The largest absolute Gasteiger partial charge is 0.289 e. The predicted molar refractivity (Wildman–Crippen MR) is 99.6 cm³/mol. The third-order valence-electron chi connectivity index (χ3n) is 4.80. The van der Waals surface area contributed by atoms with Crippen LogP contribution in [0, 0.1) is 0 Å². The molecule has 0 bridgehead atoms. The number of hydrogen-bond donors (Lipinski definition) is 0. The fourth-order valence-electron chi connectivity index (χ4n) is 3.55. The molecule has 130 valence electrons. The summed E-state index contributed by atoms with van der Waals surface area (Å²) in [5.41, 5.74) is 1.22. The second-order valence-corrected chi connectivity index (χ2v) is 7.53. The van der Waals surface area contributed by atoms with Crippen molar-refractivity contribution in [2.75, 3.05) is 13.1 Å². The summed E-state index contributed by atoms with van der Waals surface area (Å²) in [5.74, 6) is 0.952. The van der Waals surface area contributed by atoms with E-state index in [4.69, 9.17) is 0 Å². The highest BCUT2D eigenvalue weighted by Crippen LogP contribution is 2.32. The summed E-state index contributed by atoms with van der Waals surface area (Å²) in [5, 5.41) is 14.9. The molecule has 0 amide bonds. The average molecular weight is 353 g/mol. The molecule has 4 rings (SSSR count). The lowest BCUT2D eigenvalue weighted by atomic mass is 10.1. The first-order chi connectivity index (χ1) is 12.4. The third-order valence-corrected chi connectivity index (χ3v) is 5.72. The van der Waals surface area contributed by atoms with Gasteiger partial charge in [0.2, 0.25) is 0 Å². The molecule has 0 radical (unpaired) electrons. The Morgan fingerprint density at radius 1 is 0.960 bits per heavy atom. The van der Waals surface area contributed by atoms with Gasteiger partial charge in [-0.25, -0.2) is 4.68 Å². The van der Waals surface area contributed by atoms with Crippen molar-refractivity contribution in [1.29, 1.82) is 0 Å². The molecule has 1 atom stereocenters. The number of aromatic nitrogens is 4. The summed E-state index contributed by atoms with van der Waals surface area (Å²) in [4.78, 5) is 3.89. The van der Waals surface area contributed by atoms with Crippen molar-refractivity contribution < 1.29 is 0 Å². The number of hydrogen-bond acceptors (Lipinski definition) is 5. The first kappa shape index (κ1) is 16.4. The van der Waals surface area contributed by atoms with E-state index in [0.29, 0.717) is 6.54 Å². The molecule has 1 fully saturated rings. The van der Waals surface area contributed by atoms with Crippen molar-refractivity contribution >= 4 is 11.3 Å². The fourth-order valence-corrected chi connectivity index (χ4v) is 4.40. The Bertz CT molecular complexity index is 760. The molecular formula is C19H23N5S. The van der Waals surface area contributed by atoms with Crippen molar-refractivity contribution in [3.05, 3.63) is 64.1 Å². The van der Waals surface area contributed by atoms with Crippen LogP contribution in [0.5, 0.6) is 0 Å². The molecule has 5 nitrogen and oxygen atoms in total. The van der Waals surface area contributed by atoms with Crippen LogP contribution in [0.25, 0.3) is 0 Å². The van der Waals surface area contributed by atoms with Crippen LogP contribution < -0.4 is 0 Å². The first-order valence-corrected chi connectivity index (χ1v) is 9.87. The number of nitrogens with zero attached hydrogens (tertiary/aromatic N) is 5. The van der Waals surface area contributed by atoms with E-state index < -0.39 is 0 Å². The maximum Gasteiger partial charge on any atom is 0.174 e. The van der Waals surface area contributed by atoms with Crippen molar-refractivity contribution in [3.63, 3.8) is 0 Å². The molecule has 0 saturated carbocycles. The summed E-state index contributed by atoms with van der Waals surface area (Å²) in [6.45, 7) is 2.93. The van der Waals surface area contributed by atoms with Gasteiger partial charge in [-0.05, 0) is 53.4 Å². The molecule has 1 aromatic carbocycles. The van der Waals surface area contributed by atoms with Crippen LogP contribution in [0.15, 0.2) is 47.8 Å². The van der Waals surface area contributed by atoms with Crippen LogP contribution in [0.3, 0.4) is 0 Å². The lowest BCUT2D eigenvalue weighted by Crippen LogP contribution is -2.32. The van der Waals surface area contributed by atoms with Crippen molar-refractivity contribution in [2.45, 2.75) is 38.3 Å². The van der Waals surface area contributed by atoms with E-state index in [9.17, 15) is 0 Å². The van der Waals surface area contributed by atoms with Gasteiger partial charge in [-0.1, -0.05) is 49.2 Å². The summed E-state index contributed by atoms with van der Waals surface area (Å²) in [6, 6.07) is 14.9. The van der Waals surface area contributed by atoms with E-state index in [2.05, 4.69) is 62.2 Å². The zero-order valence-corrected chi connectivity index (χ0v) is 15.1. The highest BCUT2D eigenvalue weighted by molar-refractivity contribution is 7.10. The van der Waals surface area contributed by atoms with Crippen LogP contribution in [0.2, 0.25) is 0 Å². The van der Waals surface area contributed by atoms with Gasteiger partial charge in [0.25, 0.3) is 0 Å². The maximum absolute atomic E-state index is 4.44. The number of rotatable bonds is 5. The molecule has 0 aliphatic carbocycles. The predicted octanol–water partition coefficient (Wildman–Crippen LogP) is 3.75. The molecule has 1 aliphatic heterocycles. The standard InChI is InChI=1S/C19H23N5S/c1-2-7-13-23(12-6-1)18(17-11-8-14-25-17)19-20-21-22-24(19)15-16-9-4-3-5-10-16/h3-5,8-11,14,18H,1-2,6-7,12-13,15H2/t18-/m1/s1. The van der Waals surface area contributed by atoms with E-state index in [0.717, 1.165) is 18.9 Å². The van der Waals surface area contributed by atoms with Crippen molar-refractivity contribution in [2.24, 2.45) is 0 Å². The highest BCUT2D eigenvalue weighted by Gasteiger charge is 2.29. The molecule has 0 unspecified atom stereocenters. The first-order valence-electron chi connectivity index (χ1n) is 8.99. The van der Waals surface area contributed by atoms with E-state index in [-0.39, 0.29) is 6.04 Å². The van der Waals surface area contributed by atoms with Gasteiger partial charge in [-0.15, -0.1) is 16.4 Å². The fraction of sp³-hybridized carbons (Fsp3) is 0.421. The Kier molecular flexibility index (Phi) is 5.18. The van der Waals surface area contributed by atoms with Crippen LogP contribution in [-0.4, -0.2) is 38.2 Å². The lowest BCUT2D eigenvalue weighted by molar-refractivity contribution is 0.224. The third kappa shape index (κ3) is 3.80. The number of thiophene rings is 1. The molecule has 6 heteroatoms. The van der Waals surface area contributed by atoms with Gasteiger partial charge in [0.05, 0.1) is 6.54 Å². The van der Waals surface area contributed by atoms with Gasteiger partial charge in [0, 0.05) is 4.88 Å². The summed E-state index contributed by atoms with van der Waals surface area (Å²) < 4.78 is 1.96. The van der Waals surface area contributed by atoms with Gasteiger partial charge in [0.15, 0.2) is 5.82 Å². The second kappa shape index (κ2) is 7.89. The number of tetrazole rings is 1. The SMILES string of the molecule is c1ccc(Cn2nnnc2[C@@H](c2cccs2)N2CCCCCC2)cc1. The number of benzene rings is 1. The minimum Gasteiger partial charge on any atom is -0.289 e. The van der Waals surface area contributed by atoms with Gasteiger partial charge in [-0.3, -0.25) is 4.90 Å². The average Bonchev–Trinajstić information content (AvgIpc) is 3.25. The molecule has 0 N–H and O–H groups in total. The lowest BCUT2D eigenvalue weighted by Gasteiger charge is -2.29. The molecule has 2 aromatic heterocycles. The Labute approximate surface area is 152 Å². The van der Waals surface area contributed by atoms with E-state index >= 15 is 0 Å².